The summed E-state index contributed by atoms with van der Waals surface area (Å²) < 4.78 is 22.1. The number of carbonyl (C=O) groups excluding carboxylic acids is 2. The molecule has 9 heteroatoms. The van der Waals surface area contributed by atoms with Crippen LogP contribution < -0.4 is 9.47 Å². The maximum absolute atomic E-state index is 13.8. The van der Waals surface area contributed by atoms with Gasteiger partial charge in [-0.05, 0) is 42.7 Å². The van der Waals surface area contributed by atoms with Gasteiger partial charge >= 0.3 is 0 Å². The molecular formula is C34H51N3O6. The van der Waals surface area contributed by atoms with E-state index in [0.29, 0.717) is 43.3 Å². The first-order valence-electron chi connectivity index (χ1n) is 16.4. The van der Waals surface area contributed by atoms with Gasteiger partial charge in [0.25, 0.3) is 0 Å². The average molecular weight is 598 g/mol. The van der Waals surface area contributed by atoms with Crippen LogP contribution in [0.2, 0.25) is 0 Å². The van der Waals surface area contributed by atoms with Crippen molar-refractivity contribution >= 4 is 11.8 Å². The number of carbonyl (C=O) groups is 2. The van der Waals surface area contributed by atoms with E-state index in [1.807, 2.05) is 30.3 Å². The van der Waals surface area contributed by atoms with E-state index in [-0.39, 0.29) is 25.2 Å². The molecule has 0 saturated carbocycles. The van der Waals surface area contributed by atoms with Crippen LogP contribution in [0.1, 0.15) is 88.9 Å². The molecule has 238 valence electrons. The third kappa shape index (κ3) is 11.5. The molecule has 43 heavy (non-hydrogen) atoms. The summed E-state index contributed by atoms with van der Waals surface area (Å²) in [5.74, 6) is 2.07. The van der Waals surface area contributed by atoms with Gasteiger partial charge in [-0.25, -0.2) is 0 Å². The number of amides is 2. The highest BCUT2D eigenvalue weighted by molar-refractivity contribution is 5.84. The average Bonchev–Trinajstić information content (AvgIpc) is 3.72. The van der Waals surface area contributed by atoms with Crippen molar-refractivity contribution in [2.75, 3.05) is 52.7 Å². The zero-order valence-corrected chi connectivity index (χ0v) is 26.1. The Labute approximate surface area is 257 Å². The van der Waals surface area contributed by atoms with Gasteiger partial charge in [0.15, 0.2) is 11.5 Å². The molecule has 0 atom stereocenters. The van der Waals surface area contributed by atoms with Crippen LogP contribution in [-0.2, 0) is 27.4 Å². The van der Waals surface area contributed by atoms with Crippen molar-refractivity contribution in [3.8, 4) is 11.5 Å². The number of hydrogen-bond acceptors (Lipinski definition) is 7. The predicted molar refractivity (Wildman–Crippen MR) is 166 cm³/mol. The van der Waals surface area contributed by atoms with Crippen LogP contribution in [0, 0.1) is 0 Å². The molecule has 2 amide bonds. The number of rotatable bonds is 20. The molecule has 4 rings (SSSR count). The van der Waals surface area contributed by atoms with Gasteiger partial charge in [-0.1, -0.05) is 64.4 Å². The molecule has 1 aromatic carbocycles. The maximum Gasteiger partial charge on any atom is 0.242 e. The smallest absolute Gasteiger partial charge is 0.242 e. The summed E-state index contributed by atoms with van der Waals surface area (Å²) in [6.45, 7) is 8.01. The van der Waals surface area contributed by atoms with Crippen LogP contribution in [-0.4, -0.2) is 79.2 Å². The Morgan fingerprint density at radius 3 is 2.30 bits per heavy atom. The SMILES string of the molecule is CCCCCCCCCCCC(=O)N(CCCN1CCOCC1)CC(=O)N(Cc1ccc2c(c1)OCO2)Cc1ccco1. The molecule has 1 fully saturated rings. The van der Waals surface area contributed by atoms with Crippen LogP contribution >= 0.6 is 0 Å². The molecule has 0 unspecified atom stereocenters. The first kappa shape index (κ1) is 32.9. The van der Waals surface area contributed by atoms with Crippen molar-refractivity contribution in [3.63, 3.8) is 0 Å². The van der Waals surface area contributed by atoms with E-state index in [1.54, 1.807) is 16.1 Å². The minimum Gasteiger partial charge on any atom is -0.467 e. The lowest BCUT2D eigenvalue weighted by atomic mass is 10.1. The summed E-state index contributed by atoms with van der Waals surface area (Å²) >= 11 is 0. The Morgan fingerprint density at radius 2 is 1.56 bits per heavy atom. The van der Waals surface area contributed by atoms with E-state index in [2.05, 4.69) is 11.8 Å². The fourth-order valence-electron chi connectivity index (χ4n) is 5.69. The van der Waals surface area contributed by atoms with Crippen LogP contribution in [0.5, 0.6) is 11.5 Å². The monoisotopic (exact) mass is 597 g/mol. The van der Waals surface area contributed by atoms with Crippen molar-refractivity contribution in [2.45, 2.75) is 90.6 Å². The molecule has 0 radical (unpaired) electrons. The summed E-state index contributed by atoms with van der Waals surface area (Å²) in [5, 5.41) is 0. The number of nitrogens with zero attached hydrogens (tertiary/aromatic N) is 3. The van der Waals surface area contributed by atoms with E-state index in [4.69, 9.17) is 18.6 Å². The lowest BCUT2D eigenvalue weighted by molar-refractivity contribution is -0.141. The van der Waals surface area contributed by atoms with Gasteiger partial charge < -0.3 is 28.4 Å². The van der Waals surface area contributed by atoms with E-state index in [9.17, 15) is 9.59 Å². The number of benzene rings is 1. The fourth-order valence-corrected chi connectivity index (χ4v) is 5.69. The van der Waals surface area contributed by atoms with Gasteiger partial charge in [-0.3, -0.25) is 14.5 Å². The van der Waals surface area contributed by atoms with Crippen molar-refractivity contribution in [1.29, 1.82) is 0 Å². The fraction of sp³-hybridized carbons (Fsp3) is 0.647. The highest BCUT2D eigenvalue weighted by atomic mass is 16.7. The second-order valence-electron chi connectivity index (χ2n) is 11.7. The minimum absolute atomic E-state index is 0.0602. The third-order valence-corrected chi connectivity index (χ3v) is 8.27. The Bertz CT molecular complexity index is 1090. The number of furan rings is 1. The highest BCUT2D eigenvalue weighted by Gasteiger charge is 2.24. The largest absolute Gasteiger partial charge is 0.467 e. The standard InChI is InChI=1S/C34H51N3O6/c1-2-3-4-5-6-7-8-9-10-14-33(38)36(18-12-17-35-19-22-40-23-20-35)27-34(39)37(26-30-13-11-21-41-30)25-29-15-16-31-32(24-29)43-28-42-31/h11,13,15-16,21,24H,2-10,12,14,17-20,22-23,25-28H2,1H3. The molecule has 0 N–H and O–H groups in total. The van der Waals surface area contributed by atoms with E-state index in [0.717, 1.165) is 57.7 Å². The topological polar surface area (TPSA) is 84.7 Å². The van der Waals surface area contributed by atoms with Gasteiger partial charge in [0.2, 0.25) is 18.6 Å². The van der Waals surface area contributed by atoms with Gasteiger partial charge in [-0.2, -0.15) is 0 Å². The normalized spacial score (nSPS) is 14.6. The second kappa shape index (κ2) is 18.6. The maximum atomic E-state index is 13.8. The van der Waals surface area contributed by atoms with E-state index in [1.165, 1.54) is 44.9 Å². The quantitative estimate of drug-likeness (QED) is 0.173. The molecule has 0 bridgehead atoms. The first-order valence-corrected chi connectivity index (χ1v) is 16.4. The Hall–Kier alpha value is -3.04. The van der Waals surface area contributed by atoms with Gasteiger partial charge in [0.1, 0.15) is 5.76 Å². The van der Waals surface area contributed by atoms with Crippen molar-refractivity contribution in [1.82, 2.24) is 14.7 Å². The Kier molecular flexibility index (Phi) is 14.2. The Morgan fingerprint density at radius 1 is 0.814 bits per heavy atom. The third-order valence-electron chi connectivity index (χ3n) is 8.27. The Balaban J connectivity index is 1.33. The zero-order chi connectivity index (χ0) is 30.1. The van der Waals surface area contributed by atoms with Gasteiger partial charge in [-0.15, -0.1) is 0 Å². The summed E-state index contributed by atoms with van der Waals surface area (Å²) in [6, 6.07) is 9.44. The van der Waals surface area contributed by atoms with Crippen molar-refractivity contribution in [2.24, 2.45) is 0 Å². The summed E-state index contributed by atoms with van der Waals surface area (Å²) in [7, 11) is 0. The molecule has 2 aromatic rings. The molecule has 2 aliphatic rings. The van der Waals surface area contributed by atoms with Crippen LogP contribution in [0.3, 0.4) is 0 Å². The van der Waals surface area contributed by atoms with Crippen LogP contribution in [0.15, 0.2) is 41.0 Å². The number of unbranched alkanes of at least 4 members (excludes halogenated alkanes) is 8. The summed E-state index contributed by atoms with van der Waals surface area (Å²) in [6.07, 6.45) is 13.8. The molecule has 0 spiro atoms. The molecule has 0 aliphatic carbocycles. The number of hydrogen-bond donors (Lipinski definition) is 0. The molecule has 2 aliphatic heterocycles. The molecule has 1 aromatic heterocycles. The van der Waals surface area contributed by atoms with Crippen molar-refractivity contribution in [3.05, 3.63) is 47.9 Å². The molecular weight excluding hydrogens is 546 g/mol. The minimum atomic E-state index is -0.0964. The van der Waals surface area contributed by atoms with Crippen LogP contribution in [0.4, 0.5) is 0 Å². The first-order chi connectivity index (χ1) is 21.1. The highest BCUT2D eigenvalue weighted by Crippen LogP contribution is 2.33. The molecule has 9 nitrogen and oxygen atoms in total. The molecule has 3 heterocycles. The van der Waals surface area contributed by atoms with Gasteiger partial charge in [0.05, 0.1) is 32.6 Å². The summed E-state index contributed by atoms with van der Waals surface area (Å²) in [4.78, 5) is 33.2. The van der Waals surface area contributed by atoms with E-state index < -0.39 is 0 Å². The summed E-state index contributed by atoms with van der Waals surface area (Å²) in [5.41, 5.74) is 0.934. The lowest BCUT2D eigenvalue weighted by Crippen LogP contribution is -2.44. The predicted octanol–water partition coefficient (Wildman–Crippen LogP) is 6.01. The lowest BCUT2D eigenvalue weighted by Gasteiger charge is -2.30. The van der Waals surface area contributed by atoms with E-state index >= 15 is 0 Å². The second-order valence-corrected chi connectivity index (χ2v) is 11.7. The number of morpholine rings is 1. The number of fused-ring (bicyclic) bond motifs is 1. The number of ether oxygens (including phenoxy) is 3. The zero-order valence-electron chi connectivity index (χ0n) is 26.1. The van der Waals surface area contributed by atoms with Crippen molar-refractivity contribution < 1.29 is 28.2 Å². The molecule has 1 saturated heterocycles. The van der Waals surface area contributed by atoms with Crippen LogP contribution in [0.25, 0.3) is 0 Å². The van der Waals surface area contributed by atoms with Gasteiger partial charge in [0, 0.05) is 39.1 Å².